The van der Waals surface area contributed by atoms with Crippen LogP contribution in [0.1, 0.15) is 32.1 Å². The maximum atomic E-state index is 10.2. The van der Waals surface area contributed by atoms with E-state index in [2.05, 4.69) is 5.16 Å². The molecule has 8 nitrogen and oxygen atoms in total. The molecule has 4 saturated carbocycles. The molecule has 5 aliphatic rings. The molecule has 0 spiro atoms. The van der Waals surface area contributed by atoms with Crippen LogP contribution in [0.15, 0.2) is 5.16 Å². The SMILES string of the molecule is OC[C@H]1O[C@@H](OC23CC4C[C@H](C2)C(=NO)[C@@H](C4)C3)[C@H](O)[C@@H](O)[C@@H]1O. The van der Waals surface area contributed by atoms with Crippen molar-refractivity contribution in [3.63, 3.8) is 0 Å². The summed E-state index contributed by atoms with van der Waals surface area (Å²) < 4.78 is 11.7. The molecular formula is C16H25NO7. The lowest BCUT2D eigenvalue weighted by molar-refractivity contribution is -0.337. The van der Waals surface area contributed by atoms with Gasteiger partial charge in [0.1, 0.15) is 24.4 Å². The van der Waals surface area contributed by atoms with Gasteiger partial charge >= 0.3 is 0 Å². The van der Waals surface area contributed by atoms with Gasteiger partial charge in [-0.2, -0.15) is 0 Å². The fraction of sp³-hybridized carbons (Fsp3) is 0.938. The molecule has 0 radical (unpaired) electrons. The highest BCUT2D eigenvalue weighted by atomic mass is 16.7. The molecule has 0 aromatic rings. The standard InChI is InChI=1S/C16H25NO7/c18-6-10-12(19)13(20)14(21)15(23-10)24-16-3-7-1-8(4-16)11(17-22)9(2-7)5-16/h7-10,12-15,18-22H,1-6H2/t7?,8-,9+,10-,12-,13+,14-,15+,16?/m1/s1. The minimum Gasteiger partial charge on any atom is -0.411 e. The lowest BCUT2D eigenvalue weighted by atomic mass is 9.53. The van der Waals surface area contributed by atoms with Crippen molar-refractivity contribution in [2.24, 2.45) is 22.9 Å². The molecule has 4 aliphatic carbocycles. The van der Waals surface area contributed by atoms with E-state index in [0.29, 0.717) is 18.8 Å². The summed E-state index contributed by atoms with van der Waals surface area (Å²) in [5, 5.41) is 52.1. The van der Waals surface area contributed by atoms with Crippen molar-refractivity contribution in [2.45, 2.75) is 68.4 Å². The number of rotatable bonds is 3. The van der Waals surface area contributed by atoms with Crippen LogP contribution in [0.5, 0.6) is 0 Å². The number of aliphatic hydroxyl groups is 4. The van der Waals surface area contributed by atoms with E-state index in [-0.39, 0.29) is 11.8 Å². The van der Waals surface area contributed by atoms with Crippen molar-refractivity contribution >= 4 is 5.71 Å². The maximum Gasteiger partial charge on any atom is 0.187 e. The van der Waals surface area contributed by atoms with Crippen molar-refractivity contribution in [3.8, 4) is 0 Å². The summed E-state index contributed by atoms with van der Waals surface area (Å²) in [6.45, 7) is -0.465. The van der Waals surface area contributed by atoms with Crippen LogP contribution < -0.4 is 0 Å². The first kappa shape index (κ1) is 16.7. The van der Waals surface area contributed by atoms with Gasteiger partial charge in [0.15, 0.2) is 6.29 Å². The third-order valence-electron chi connectivity index (χ3n) is 6.30. The molecule has 8 heteroatoms. The van der Waals surface area contributed by atoms with Crippen molar-refractivity contribution in [2.75, 3.05) is 6.61 Å². The van der Waals surface area contributed by atoms with Crippen LogP contribution in [0.4, 0.5) is 0 Å². The second-order valence-corrected chi connectivity index (χ2v) is 7.87. The number of ether oxygens (including phenoxy) is 2. The minimum atomic E-state index is -1.43. The Morgan fingerprint density at radius 3 is 2.29 bits per heavy atom. The average Bonchev–Trinajstić information content (AvgIpc) is 2.54. The van der Waals surface area contributed by atoms with Gasteiger partial charge in [-0.25, -0.2) is 0 Å². The lowest BCUT2D eigenvalue weighted by Gasteiger charge is -2.57. The monoisotopic (exact) mass is 343 g/mol. The topological polar surface area (TPSA) is 132 Å². The fourth-order valence-electron chi connectivity index (χ4n) is 5.41. The predicted octanol–water partition coefficient (Wildman–Crippen LogP) is -0.788. The highest BCUT2D eigenvalue weighted by Gasteiger charge is 2.57. The molecule has 5 rings (SSSR count). The van der Waals surface area contributed by atoms with Gasteiger partial charge in [-0.05, 0) is 38.0 Å². The summed E-state index contributed by atoms with van der Waals surface area (Å²) in [5.41, 5.74) is 0.386. The second-order valence-electron chi connectivity index (χ2n) is 7.87. The normalized spacial score (nSPS) is 55.2. The molecule has 1 heterocycles. The molecule has 0 aromatic carbocycles. The summed E-state index contributed by atoms with van der Waals surface area (Å²) in [6.07, 6.45) is -1.98. The number of aliphatic hydroxyl groups excluding tert-OH is 4. The molecule has 24 heavy (non-hydrogen) atoms. The molecule has 0 amide bonds. The quantitative estimate of drug-likeness (QED) is 0.335. The number of oxime groups is 1. The second kappa shape index (κ2) is 5.89. The average molecular weight is 343 g/mol. The molecule has 9 atom stereocenters. The lowest BCUT2D eigenvalue weighted by Crippen LogP contribution is -2.63. The largest absolute Gasteiger partial charge is 0.411 e. The van der Waals surface area contributed by atoms with E-state index in [1.54, 1.807) is 0 Å². The third-order valence-corrected chi connectivity index (χ3v) is 6.30. The molecular weight excluding hydrogens is 318 g/mol. The van der Waals surface area contributed by atoms with Crippen LogP contribution in [0.2, 0.25) is 0 Å². The molecule has 1 saturated heterocycles. The van der Waals surface area contributed by atoms with Crippen molar-refractivity contribution in [3.05, 3.63) is 0 Å². The van der Waals surface area contributed by atoms with E-state index < -0.39 is 42.9 Å². The van der Waals surface area contributed by atoms with Crippen LogP contribution in [0, 0.1) is 17.8 Å². The Hall–Kier alpha value is -0.770. The third kappa shape index (κ3) is 2.48. The van der Waals surface area contributed by atoms with Gasteiger partial charge in [0.2, 0.25) is 0 Å². The van der Waals surface area contributed by atoms with Gasteiger partial charge in [0.05, 0.1) is 17.9 Å². The smallest absolute Gasteiger partial charge is 0.187 e. The molecule has 5 N–H and O–H groups in total. The number of hydrogen-bond donors (Lipinski definition) is 5. The van der Waals surface area contributed by atoms with E-state index in [1.807, 2.05) is 0 Å². The molecule has 1 aliphatic heterocycles. The minimum absolute atomic E-state index is 0.186. The summed E-state index contributed by atoms with van der Waals surface area (Å²) in [4.78, 5) is 0. The summed E-state index contributed by atoms with van der Waals surface area (Å²) in [6, 6.07) is 0. The molecule has 136 valence electrons. The molecule has 4 bridgehead atoms. The molecule has 0 aromatic heterocycles. The Balaban J connectivity index is 1.53. The van der Waals surface area contributed by atoms with Crippen molar-refractivity contribution in [1.82, 2.24) is 0 Å². The zero-order chi connectivity index (χ0) is 17.1. The first-order chi connectivity index (χ1) is 11.5. The zero-order valence-corrected chi connectivity index (χ0v) is 13.4. The summed E-state index contributed by atoms with van der Waals surface area (Å²) >= 11 is 0. The van der Waals surface area contributed by atoms with Crippen LogP contribution >= 0.6 is 0 Å². The van der Waals surface area contributed by atoms with Gasteiger partial charge in [0.25, 0.3) is 0 Å². The highest BCUT2D eigenvalue weighted by molar-refractivity contribution is 5.90. The van der Waals surface area contributed by atoms with E-state index in [0.717, 1.165) is 25.0 Å². The zero-order valence-electron chi connectivity index (χ0n) is 13.4. The first-order valence-electron chi connectivity index (χ1n) is 8.66. The van der Waals surface area contributed by atoms with Crippen LogP contribution in [0.3, 0.4) is 0 Å². The maximum absolute atomic E-state index is 10.2. The van der Waals surface area contributed by atoms with Gasteiger partial charge in [-0.15, -0.1) is 0 Å². The van der Waals surface area contributed by atoms with Gasteiger partial charge in [-0.1, -0.05) is 5.16 Å². The number of hydrogen-bond acceptors (Lipinski definition) is 8. The highest BCUT2D eigenvalue weighted by Crippen LogP contribution is 2.56. The summed E-state index contributed by atoms with van der Waals surface area (Å²) in [7, 11) is 0. The van der Waals surface area contributed by atoms with Crippen molar-refractivity contribution < 1.29 is 35.1 Å². The van der Waals surface area contributed by atoms with Gasteiger partial charge in [-0.3, -0.25) is 0 Å². The Labute approximate surface area is 139 Å². The Morgan fingerprint density at radius 2 is 1.71 bits per heavy atom. The first-order valence-corrected chi connectivity index (χ1v) is 8.66. The van der Waals surface area contributed by atoms with Crippen LogP contribution in [-0.4, -0.2) is 74.3 Å². The summed E-state index contributed by atoms with van der Waals surface area (Å²) in [5.74, 6) is 0.871. The number of nitrogens with zero attached hydrogens (tertiary/aromatic N) is 1. The van der Waals surface area contributed by atoms with Crippen LogP contribution in [-0.2, 0) is 9.47 Å². The van der Waals surface area contributed by atoms with Crippen LogP contribution in [0.25, 0.3) is 0 Å². The van der Waals surface area contributed by atoms with E-state index in [9.17, 15) is 25.6 Å². The van der Waals surface area contributed by atoms with E-state index in [4.69, 9.17) is 9.47 Å². The van der Waals surface area contributed by atoms with Gasteiger partial charge in [0, 0.05) is 11.8 Å². The predicted molar refractivity (Wildman–Crippen MR) is 80.4 cm³/mol. The Kier molecular flexibility index (Phi) is 4.10. The van der Waals surface area contributed by atoms with Crippen molar-refractivity contribution in [1.29, 1.82) is 0 Å². The Bertz CT molecular complexity index is 507. The van der Waals surface area contributed by atoms with E-state index >= 15 is 0 Å². The van der Waals surface area contributed by atoms with E-state index in [1.165, 1.54) is 0 Å². The molecule has 5 fully saturated rings. The fourth-order valence-corrected chi connectivity index (χ4v) is 5.41. The van der Waals surface area contributed by atoms with Gasteiger partial charge < -0.3 is 35.1 Å². The molecule has 2 unspecified atom stereocenters. The Morgan fingerprint density at radius 1 is 1.04 bits per heavy atom.